The fraction of sp³-hybridized carbons (Fsp3) is 1.00. The van der Waals surface area contributed by atoms with Gasteiger partial charge in [0.05, 0.1) is 19.3 Å². The highest BCUT2D eigenvalue weighted by molar-refractivity contribution is 4.58. The number of hydrogen-bond acceptors (Lipinski definition) is 4. The predicted molar refractivity (Wildman–Crippen MR) is 70.3 cm³/mol. The zero-order chi connectivity index (χ0) is 12.9. The standard InChI is InChI=1S/C13H29NO3/c1-4-5-7-16-8-6-14-9-13(15)11-17-10-12(2)3/h12-15H,4-11H2,1-3H3. The highest BCUT2D eigenvalue weighted by atomic mass is 16.5. The van der Waals surface area contributed by atoms with Gasteiger partial charge in [0.25, 0.3) is 0 Å². The lowest BCUT2D eigenvalue weighted by Gasteiger charge is -2.13. The number of nitrogens with one attached hydrogen (secondary N) is 1. The lowest BCUT2D eigenvalue weighted by atomic mass is 10.2. The van der Waals surface area contributed by atoms with Crippen LogP contribution in [0.2, 0.25) is 0 Å². The molecule has 0 aromatic heterocycles. The van der Waals surface area contributed by atoms with Crippen molar-refractivity contribution in [1.82, 2.24) is 5.32 Å². The Morgan fingerprint density at radius 2 is 1.88 bits per heavy atom. The van der Waals surface area contributed by atoms with Gasteiger partial charge in [0.2, 0.25) is 0 Å². The maximum Gasteiger partial charge on any atom is 0.0897 e. The van der Waals surface area contributed by atoms with Gasteiger partial charge < -0.3 is 19.9 Å². The summed E-state index contributed by atoms with van der Waals surface area (Å²) < 4.78 is 10.7. The van der Waals surface area contributed by atoms with Crippen molar-refractivity contribution in [1.29, 1.82) is 0 Å². The van der Waals surface area contributed by atoms with Crippen molar-refractivity contribution in [3.05, 3.63) is 0 Å². The Balaban J connectivity index is 3.13. The van der Waals surface area contributed by atoms with Crippen molar-refractivity contribution in [3.63, 3.8) is 0 Å². The van der Waals surface area contributed by atoms with E-state index in [0.29, 0.717) is 32.3 Å². The number of hydrogen-bond donors (Lipinski definition) is 2. The van der Waals surface area contributed by atoms with Crippen LogP contribution in [0.15, 0.2) is 0 Å². The van der Waals surface area contributed by atoms with E-state index in [-0.39, 0.29) is 0 Å². The van der Waals surface area contributed by atoms with E-state index < -0.39 is 6.10 Å². The maximum atomic E-state index is 9.57. The van der Waals surface area contributed by atoms with Gasteiger partial charge in [-0.15, -0.1) is 0 Å². The van der Waals surface area contributed by atoms with Gasteiger partial charge in [-0.2, -0.15) is 0 Å². The van der Waals surface area contributed by atoms with E-state index in [9.17, 15) is 5.11 Å². The number of rotatable bonds is 12. The molecule has 0 amide bonds. The van der Waals surface area contributed by atoms with Crippen LogP contribution in [0.25, 0.3) is 0 Å². The van der Waals surface area contributed by atoms with Gasteiger partial charge in [0, 0.05) is 26.3 Å². The van der Waals surface area contributed by atoms with Crippen molar-refractivity contribution in [2.24, 2.45) is 5.92 Å². The molecule has 17 heavy (non-hydrogen) atoms. The Kier molecular flexibility index (Phi) is 12.2. The first-order valence-corrected chi connectivity index (χ1v) is 6.71. The molecule has 0 aliphatic heterocycles. The Morgan fingerprint density at radius 1 is 1.12 bits per heavy atom. The SMILES string of the molecule is CCCCOCCNCC(O)COCC(C)C. The van der Waals surface area contributed by atoms with Gasteiger partial charge in [0.1, 0.15) is 0 Å². The molecule has 0 aliphatic carbocycles. The summed E-state index contributed by atoms with van der Waals surface area (Å²) in [7, 11) is 0. The summed E-state index contributed by atoms with van der Waals surface area (Å²) in [6.07, 6.45) is 1.86. The summed E-state index contributed by atoms with van der Waals surface area (Å²) in [6, 6.07) is 0. The average Bonchev–Trinajstić information content (AvgIpc) is 2.27. The topological polar surface area (TPSA) is 50.7 Å². The Hall–Kier alpha value is -0.160. The first kappa shape index (κ1) is 16.8. The maximum absolute atomic E-state index is 9.57. The van der Waals surface area contributed by atoms with Crippen LogP contribution in [0.3, 0.4) is 0 Å². The number of aliphatic hydroxyl groups excluding tert-OH is 1. The molecule has 0 aliphatic rings. The second-order valence-electron chi connectivity index (χ2n) is 4.76. The first-order chi connectivity index (χ1) is 8.16. The molecule has 0 aromatic carbocycles. The molecule has 0 radical (unpaired) electrons. The summed E-state index contributed by atoms with van der Waals surface area (Å²) in [5.74, 6) is 0.516. The molecule has 0 spiro atoms. The molecule has 4 heteroatoms. The van der Waals surface area contributed by atoms with E-state index in [0.717, 1.165) is 19.6 Å². The molecule has 4 nitrogen and oxygen atoms in total. The Bertz CT molecular complexity index is 154. The van der Waals surface area contributed by atoms with Crippen molar-refractivity contribution in [3.8, 4) is 0 Å². The molecule has 0 bridgehead atoms. The molecule has 104 valence electrons. The van der Waals surface area contributed by atoms with Crippen LogP contribution < -0.4 is 5.32 Å². The zero-order valence-electron chi connectivity index (χ0n) is 11.6. The monoisotopic (exact) mass is 247 g/mol. The van der Waals surface area contributed by atoms with E-state index in [2.05, 4.69) is 26.1 Å². The quantitative estimate of drug-likeness (QED) is 0.512. The van der Waals surface area contributed by atoms with E-state index in [1.807, 2.05) is 0 Å². The van der Waals surface area contributed by atoms with Gasteiger partial charge in [-0.05, 0) is 12.3 Å². The molecule has 0 fully saturated rings. The third kappa shape index (κ3) is 13.8. The summed E-state index contributed by atoms with van der Waals surface area (Å²) in [5.41, 5.74) is 0. The van der Waals surface area contributed by atoms with E-state index in [1.54, 1.807) is 0 Å². The molecule has 0 aromatic rings. The fourth-order valence-corrected chi connectivity index (χ4v) is 1.26. The first-order valence-electron chi connectivity index (χ1n) is 6.71. The minimum Gasteiger partial charge on any atom is -0.389 e. The van der Waals surface area contributed by atoms with Crippen molar-refractivity contribution < 1.29 is 14.6 Å². The van der Waals surface area contributed by atoms with Crippen LogP contribution in [0.5, 0.6) is 0 Å². The molecule has 0 saturated carbocycles. The van der Waals surface area contributed by atoms with E-state index in [1.165, 1.54) is 6.42 Å². The highest BCUT2D eigenvalue weighted by Gasteiger charge is 2.04. The van der Waals surface area contributed by atoms with Gasteiger partial charge >= 0.3 is 0 Å². The van der Waals surface area contributed by atoms with Crippen LogP contribution >= 0.6 is 0 Å². The van der Waals surface area contributed by atoms with Gasteiger partial charge in [-0.25, -0.2) is 0 Å². The second kappa shape index (κ2) is 12.3. The van der Waals surface area contributed by atoms with Crippen LogP contribution in [0.4, 0.5) is 0 Å². The molecular formula is C13H29NO3. The number of ether oxygens (including phenoxy) is 2. The molecule has 0 saturated heterocycles. The number of unbranched alkanes of at least 4 members (excludes halogenated alkanes) is 1. The molecule has 0 rings (SSSR count). The predicted octanol–water partition coefficient (Wildman–Crippen LogP) is 1.43. The van der Waals surface area contributed by atoms with Crippen molar-refractivity contribution in [2.45, 2.75) is 39.7 Å². The van der Waals surface area contributed by atoms with Crippen molar-refractivity contribution in [2.75, 3.05) is 39.5 Å². The van der Waals surface area contributed by atoms with E-state index in [4.69, 9.17) is 9.47 Å². The fourth-order valence-electron chi connectivity index (χ4n) is 1.26. The lowest BCUT2D eigenvalue weighted by molar-refractivity contribution is 0.0251. The zero-order valence-corrected chi connectivity index (χ0v) is 11.6. The number of aliphatic hydroxyl groups is 1. The smallest absolute Gasteiger partial charge is 0.0897 e. The highest BCUT2D eigenvalue weighted by Crippen LogP contribution is 1.93. The van der Waals surface area contributed by atoms with Crippen molar-refractivity contribution >= 4 is 0 Å². The molecule has 1 atom stereocenters. The Labute approximate surface area is 106 Å². The minimum absolute atomic E-state index is 0.405. The van der Waals surface area contributed by atoms with Crippen LogP contribution in [-0.4, -0.2) is 50.7 Å². The lowest BCUT2D eigenvalue weighted by Crippen LogP contribution is -2.32. The Morgan fingerprint density at radius 3 is 2.53 bits per heavy atom. The largest absolute Gasteiger partial charge is 0.389 e. The van der Waals surface area contributed by atoms with Crippen LogP contribution in [0, 0.1) is 5.92 Å². The van der Waals surface area contributed by atoms with Crippen LogP contribution in [-0.2, 0) is 9.47 Å². The second-order valence-corrected chi connectivity index (χ2v) is 4.76. The van der Waals surface area contributed by atoms with Gasteiger partial charge in [-0.3, -0.25) is 0 Å². The van der Waals surface area contributed by atoms with Gasteiger partial charge in [-0.1, -0.05) is 27.2 Å². The molecule has 0 heterocycles. The molecule has 2 N–H and O–H groups in total. The molecule has 1 unspecified atom stereocenters. The van der Waals surface area contributed by atoms with Gasteiger partial charge in [0.15, 0.2) is 0 Å². The molecular weight excluding hydrogens is 218 g/mol. The third-order valence-electron chi connectivity index (χ3n) is 2.21. The summed E-state index contributed by atoms with van der Waals surface area (Å²) in [4.78, 5) is 0. The summed E-state index contributed by atoms with van der Waals surface area (Å²) >= 11 is 0. The average molecular weight is 247 g/mol. The summed E-state index contributed by atoms with van der Waals surface area (Å²) in [5, 5.41) is 12.7. The third-order valence-corrected chi connectivity index (χ3v) is 2.21. The van der Waals surface area contributed by atoms with Crippen LogP contribution in [0.1, 0.15) is 33.6 Å². The summed E-state index contributed by atoms with van der Waals surface area (Å²) in [6.45, 7) is 10.3. The van der Waals surface area contributed by atoms with E-state index >= 15 is 0 Å². The normalized spacial score (nSPS) is 13.2. The minimum atomic E-state index is -0.426.